The summed E-state index contributed by atoms with van der Waals surface area (Å²) in [5.74, 6) is 0.561. The molecule has 0 saturated carbocycles. The summed E-state index contributed by atoms with van der Waals surface area (Å²) in [7, 11) is 0. The first-order chi connectivity index (χ1) is 27.8. The second-order valence-electron chi connectivity index (χ2n) is 15.6. The van der Waals surface area contributed by atoms with Gasteiger partial charge in [-0.25, -0.2) is 6.57 Å². The number of halogens is 2. The lowest BCUT2D eigenvalue weighted by Crippen LogP contribution is -2.02. The van der Waals surface area contributed by atoms with Crippen molar-refractivity contribution in [2.24, 2.45) is 0 Å². The number of rotatable bonds is 4. The van der Waals surface area contributed by atoms with E-state index in [0.717, 1.165) is 95.5 Å². The van der Waals surface area contributed by atoms with E-state index in [1.54, 1.807) is 0 Å². The third-order valence-corrected chi connectivity index (χ3v) is 13.4. The highest BCUT2D eigenvalue weighted by atomic mass is 79.9. The van der Waals surface area contributed by atoms with E-state index in [1.165, 1.54) is 50.1 Å². The smallest absolute Gasteiger partial charge is 0.241 e. The summed E-state index contributed by atoms with van der Waals surface area (Å²) in [6.07, 6.45) is 0.879. The molecule has 0 unspecified atom stereocenters. The van der Waals surface area contributed by atoms with Gasteiger partial charge in [0.15, 0.2) is 6.29 Å². The van der Waals surface area contributed by atoms with Crippen molar-refractivity contribution in [1.29, 1.82) is 0 Å². The number of carbonyl (C=O) groups excluding carboxylic acids is 1. The molecule has 5 aromatic rings. The molecular weight excluding hydrogens is 916 g/mol. The van der Waals surface area contributed by atoms with E-state index in [9.17, 15) is 4.79 Å². The van der Waals surface area contributed by atoms with Crippen molar-refractivity contribution in [2.75, 3.05) is 0 Å². The molecule has 0 aliphatic rings. The van der Waals surface area contributed by atoms with E-state index in [0.29, 0.717) is 12.4 Å². The van der Waals surface area contributed by atoms with Crippen molar-refractivity contribution in [1.82, 2.24) is 24.9 Å². The van der Waals surface area contributed by atoms with Gasteiger partial charge in [-0.1, -0.05) is 52.0 Å². The quantitative estimate of drug-likeness (QED) is 0.109. The molecule has 0 aromatic carbocycles. The Labute approximate surface area is 426 Å². The van der Waals surface area contributed by atoms with Crippen LogP contribution in [0.15, 0.2) is 4.47 Å². The van der Waals surface area contributed by atoms with Crippen LogP contribution < -0.4 is 0 Å². The second-order valence-corrected chi connectivity index (χ2v) is 16.6. The maximum atomic E-state index is 10.7. The predicted molar refractivity (Wildman–Crippen MR) is 302 cm³/mol. The SMILES string of the molecule is C.C.C.C.C.C.C.Cc1nc(C)c(Br)c(C)c1C.Cc1nc(C)c(C=O)c(C)c1C.Cc1nc(C)c(CCl)c(C)c1C.Cc1nc(C)c(CO)c(C)c1C.[C-]#[N+]Cc1c(C)nc(C)c(C)c1C. The fourth-order valence-corrected chi connectivity index (χ4v) is 7.44. The number of aldehydes is 1. The normalized spacial score (nSPS) is 9.10. The Hall–Kier alpha value is -4.36. The van der Waals surface area contributed by atoms with Crippen LogP contribution in [-0.4, -0.2) is 36.3 Å². The maximum absolute atomic E-state index is 10.7. The topological polar surface area (TPSA) is 106 Å². The molecule has 0 saturated heterocycles. The van der Waals surface area contributed by atoms with Gasteiger partial charge in [-0.2, -0.15) is 0 Å². The lowest BCUT2D eigenvalue weighted by molar-refractivity contribution is 0.112. The van der Waals surface area contributed by atoms with Crippen LogP contribution in [-0.2, 0) is 19.0 Å². The Balaban J connectivity index is -0.000000131. The van der Waals surface area contributed by atoms with Gasteiger partial charge in [0.25, 0.3) is 0 Å². The van der Waals surface area contributed by atoms with Gasteiger partial charge < -0.3 is 9.95 Å². The first kappa shape index (κ1) is 76.9. The molecule has 380 valence electrons. The Morgan fingerprint density at radius 1 is 0.433 bits per heavy atom. The number of aryl methyl sites for hydroxylation is 10. The van der Waals surface area contributed by atoms with Gasteiger partial charge >= 0.3 is 0 Å². The van der Waals surface area contributed by atoms with Crippen LogP contribution in [0, 0.1) is 145 Å². The minimum Gasteiger partial charge on any atom is -0.392 e. The van der Waals surface area contributed by atoms with Gasteiger partial charge in [-0.15, -0.1) is 11.6 Å². The largest absolute Gasteiger partial charge is 0.392 e. The summed E-state index contributed by atoms with van der Waals surface area (Å²) in [6, 6.07) is 0. The van der Waals surface area contributed by atoms with Gasteiger partial charge in [0.1, 0.15) is 0 Å². The fraction of sp³-hybridized carbons (Fsp3) is 0.526. The summed E-state index contributed by atoms with van der Waals surface area (Å²) in [6.45, 7) is 47.8. The van der Waals surface area contributed by atoms with E-state index in [-0.39, 0.29) is 58.6 Å². The van der Waals surface area contributed by atoms with Gasteiger partial charge in [0.2, 0.25) is 6.54 Å². The lowest BCUT2D eigenvalue weighted by atomic mass is 10.0. The number of pyridine rings is 5. The van der Waals surface area contributed by atoms with Crippen molar-refractivity contribution >= 4 is 33.8 Å². The highest BCUT2D eigenvalue weighted by Crippen LogP contribution is 2.24. The molecule has 0 radical (unpaired) electrons. The molecule has 5 heterocycles. The van der Waals surface area contributed by atoms with Gasteiger partial charge in [-0.05, 0) is 216 Å². The molecule has 1 N–H and O–H groups in total. The first-order valence-electron chi connectivity index (χ1n) is 20.1. The number of aliphatic hydroxyl groups is 1. The monoisotopic (exact) mass is 1010 g/mol. The zero-order valence-corrected chi connectivity index (χ0v) is 42.3. The maximum Gasteiger partial charge on any atom is 0.241 e. The zero-order chi connectivity index (χ0) is 46.5. The Morgan fingerprint density at radius 2 is 0.716 bits per heavy atom. The summed E-state index contributed by atoms with van der Waals surface area (Å²) < 4.78 is 1.14. The summed E-state index contributed by atoms with van der Waals surface area (Å²) in [5.41, 5.74) is 26.3. The molecule has 0 bridgehead atoms. The fourth-order valence-electron chi connectivity index (χ4n) is 6.66. The molecule has 0 aliphatic heterocycles. The minimum atomic E-state index is 0. The van der Waals surface area contributed by atoms with Crippen LogP contribution in [0.5, 0.6) is 0 Å². The highest BCUT2D eigenvalue weighted by molar-refractivity contribution is 9.10. The van der Waals surface area contributed by atoms with Crippen molar-refractivity contribution in [3.05, 3.63) is 151 Å². The van der Waals surface area contributed by atoms with Gasteiger partial charge in [0.05, 0.1) is 17.9 Å². The van der Waals surface area contributed by atoms with Crippen LogP contribution in [0.25, 0.3) is 4.85 Å². The standard InChI is InChI=1S/C11H14N2.C10H14ClN.C10H15NO.C10H13NO.C9H12BrN.7CH4/c1-7-8(2)11(6-12-5)10(4)13-9(7)3;1-6-7(2)10(5-11)9(4)12-8(6)3;2*1-6-7(2)10(5-12)9(4)11-8(6)3;1-5-6(2)9(10)8(4)11-7(5)3;;;;;;;/h6H2,1-4H3;5H2,1-4H3;12H,5H2,1-4H3;5H,1-4H3;1-4H3;7*1H4. The number of alkyl halides is 1. The number of aliphatic hydroxyl groups excluding tert-OH is 1. The lowest BCUT2D eigenvalue weighted by Gasteiger charge is -2.11. The minimum absolute atomic E-state index is 0. The number of hydrogen-bond acceptors (Lipinski definition) is 7. The first-order valence-corrected chi connectivity index (χ1v) is 21.5. The number of nitrogens with zero attached hydrogens (tertiary/aromatic N) is 6. The molecule has 0 amide bonds. The number of hydrogen-bond donors (Lipinski definition) is 1. The van der Waals surface area contributed by atoms with Gasteiger partial charge in [-0.3, -0.25) is 29.7 Å². The van der Waals surface area contributed by atoms with E-state index in [4.69, 9.17) is 23.3 Å². The van der Waals surface area contributed by atoms with E-state index in [2.05, 4.69) is 87.2 Å². The highest BCUT2D eigenvalue weighted by Gasteiger charge is 2.12. The molecule has 0 spiro atoms. The van der Waals surface area contributed by atoms with Crippen LogP contribution >= 0.6 is 27.5 Å². The number of carbonyl (C=O) groups is 1. The summed E-state index contributed by atoms with van der Waals surface area (Å²) in [5, 5.41) is 9.07. The Morgan fingerprint density at radius 3 is 1.06 bits per heavy atom. The Kier molecular flexibility index (Phi) is 40.0. The van der Waals surface area contributed by atoms with E-state index < -0.39 is 0 Å². The van der Waals surface area contributed by atoms with Crippen LogP contribution in [0.2, 0.25) is 0 Å². The molecule has 0 atom stereocenters. The average molecular weight is 1010 g/mol. The molecule has 67 heavy (non-hydrogen) atoms. The van der Waals surface area contributed by atoms with Crippen molar-refractivity contribution in [3.8, 4) is 0 Å². The number of aromatic nitrogens is 5. The predicted octanol–water partition coefficient (Wildman–Crippen LogP) is 17.3. The van der Waals surface area contributed by atoms with Crippen LogP contribution in [0.4, 0.5) is 0 Å². The van der Waals surface area contributed by atoms with E-state index in [1.807, 2.05) is 96.9 Å². The molecule has 0 aliphatic carbocycles. The van der Waals surface area contributed by atoms with Crippen molar-refractivity contribution < 1.29 is 9.90 Å². The zero-order valence-electron chi connectivity index (χ0n) is 40.0. The summed E-state index contributed by atoms with van der Waals surface area (Å²) in [4.78, 5) is 35.9. The van der Waals surface area contributed by atoms with E-state index >= 15 is 0 Å². The third kappa shape index (κ3) is 20.0. The third-order valence-electron chi connectivity index (χ3n) is 12.0. The molecule has 5 rings (SSSR count). The molecular formula is C57H96BrClN6O2. The molecule has 8 nitrogen and oxygen atoms in total. The van der Waals surface area contributed by atoms with Crippen molar-refractivity contribution in [3.63, 3.8) is 0 Å². The summed E-state index contributed by atoms with van der Waals surface area (Å²) >= 11 is 9.32. The molecule has 5 aromatic heterocycles. The second kappa shape index (κ2) is 34.9. The molecule has 10 heteroatoms. The van der Waals surface area contributed by atoms with Crippen molar-refractivity contribution in [2.45, 2.75) is 209 Å². The van der Waals surface area contributed by atoms with Crippen LogP contribution in [0.1, 0.15) is 192 Å². The van der Waals surface area contributed by atoms with Gasteiger partial charge in [0, 0.05) is 72.7 Å². The average Bonchev–Trinajstić information content (AvgIpc) is 3.19. The molecule has 0 fully saturated rings. The Bertz CT molecular complexity index is 2290. The van der Waals surface area contributed by atoms with Crippen LogP contribution in [0.3, 0.4) is 0 Å².